The fourth-order valence-electron chi connectivity index (χ4n) is 5.05. The van der Waals surface area contributed by atoms with E-state index in [1.54, 1.807) is 0 Å². The van der Waals surface area contributed by atoms with E-state index < -0.39 is 5.91 Å². The Morgan fingerprint density at radius 3 is 2.59 bits per heavy atom. The van der Waals surface area contributed by atoms with Crippen LogP contribution in [0.15, 0.2) is 42.5 Å². The molecule has 0 bridgehead atoms. The average Bonchev–Trinajstić information content (AvgIpc) is 3.06. The van der Waals surface area contributed by atoms with Crippen LogP contribution in [-0.2, 0) is 6.42 Å². The van der Waals surface area contributed by atoms with E-state index in [0.29, 0.717) is 12.0 Å². The molecular formula is C27H33N3O2. The minimum atomic E-state index is -0.439. The van der Waals surface area contributed by atoms with Gasteiger partial charge in [-0.3, -0.25) is 14.2 Å². The SMILES string of the molecule is CCCC(CC)Nc1cc(-c2c3n(c4ccccc24)C(=O)CC(C)(C)C3)ccc1C(N)=O. The number of nitrogens with one attached hydrogen (secondary N) is 1. The molecule has 1 amide bonds. The third-order valence-corrected chi connectivity index (χ3v) is 6.56. The number of fused-ring (bicyclic) bond motifs is 3. The van der Waals surface area contributed by atoms with Crippen LogP contribution in [0.5, 0.6) is 0 Å². The molecule has 1 aliphatic rings. The van der Waals surface area contributed by atoms with E-state index in [1.165, 1.54) is 0 Å². The van der Waals surface area contributed by atoms with Gasteiger partial charge in [0.2, 0.25) is 5.91 Å². The number of benzene rings is 2. The van der Waals surface area contributed by atoms with Gasteiger partial charge in [0.15, 0.2) is 0 Å². The monoisotopic (exact) mass is 431 g/mol. The van der Waals surface area contributed by atoms with Crippen molar-refractivity contribution in [2.24, 2.45) is 11.1 Å². The molecule has 0 saturated carbocycles. The Bertz CT molecular complexity index is 1190. The maximum atomic E-state index is 13.1. The van der Waals surface area contributed by atoms with Gasteiger partial charge < -0.3 is 11.1 Å². The molecule has 0 fully saturated rings. The number of aromatic nitrogens is 1. The molecule has 3 aromatic rings. The molecule has 4 rings (SSSR count). The van der Waals surface area contributed by atoms with E-state index >= 15 is 0 Å². The molecule has 1 atom stereocenters. The Hall–Kier alpha value is -3.08. The van der Waals surface area contributed by atoms with Crippen molar-refractivity contribution in [1.29, 1.82) is 0 Å². The fourth-order valence-corrected chi connectivity index (χ4v) is 5.05. The van der Waals surface area contributed by atoms with Crippen LogP contribution in [0.25, 0.3) is 22.0 Å². The predicted molar refractivity (Wildman–Crippen MR) is 131 cm³/mol. The quantitative estimate of drug-likeness (QED) is 0.481. The summed E-state index contributed by atoms with van der Waals surface area (Å²) in [4.78, 5) is 25.3. The maximum absolute atomic E-state index is 13.1. The molecule has 1 unspecified atom stereocenters. The van der Waals surface area contributed by atoms with Gasteiger partial charge in [-0.25, -0.2) is 0 Å². The van der Waals surface area contributed by atoms with E-state index in [-0.39, 0.29) is 17.4 Å². The topological polar surface area (TPSA) is 77.1 Å². The molecule has 0 saturated heterocycles. The van der Waals surface area contributed by atoms with Crippen molar-refractivity contribution in [1.82, 2.24) is 4.57 Å². The zero-order valence-electron chi connectivity index (χ0n) is 19.5. The van der Waals surface area contributed by atoms with Crippen LogP contribution in [0.3, 0.4) is 0 Å². The minimum Gasteiger partial charge on any atom is -0.382 e. The highest BCUT2D eigenvalue weighted by atomic mass is 16.2. The number of nitrogens with zero attached hydrogens (tertiary/aromatic N) is 1. The molecule has 2 aromatic carbocycles. The molecule has 2 heterocycles. The van der Waals surface area contributed by atoms with Crippen molar-refractivity contribution in [2.75, 3.05) is 5.32 Å². The summed E-state index contributed by atoms with van der Waals surface area (Å²) < 4.78 is 1.90. The van der Waals surface area contributed by atoms with Crippen molar-refractivity contribution in [3.05, 3.63) is 53.7 Å². The standard InChI is InChI=1S/C27H33N3O2/c1-5-9-18(6-2)29-21-14-17(12-13-19(21)26(28)32)25-20-10-7-8-11-22(20)30-23(25)15-27(3,4)16-24(30)31/h7-8,10-14,18,29H,5-6,9,15-16H2,1-4H3,(H2,28,32). The van der Waals surface area contributed by atoms with Gasteiger partial charge in [0.1, 0.15) is 0 Å². The molecule has 1 aromatic heterocycles. The smallest absolute Gasteiger partial charge is 0.250 e. The maximum Gasteiger partial charge on any atom is 0.250 e. The number of rotatable bonds is 7. The van der Waals surface area contributed by atoms with Crippen molar-refractivity contribution in [3.8, 4) is 11.1 Å². The molecular weight excluding hydrogens is 398 g/mol. The number of carbonyl (C=O) groups excluding carboxylic acids is 2. The summed E-state index contributed by atoms with van der Waals surface area (Å²) in [7, 11) is 0. The Balaban J connectivity index is 1.93. The van der Waals surface area contributed by atoms with Crippen LogP contribution < -0.4 is 11.1 Å². The summed E-state index contributed by atoms with van der Waals surface area (Å²) in [6, 6.07) is 14.2. The Morgan fingerprint density at radius 1 is 1.16 bits per heavy atom. The van der Waals surface area contributed by atoms with Crippen LogP contribution >= 0.6 is 0 Å². The average molecular weight is 432 g/mol. The van der Waals surface area contributed by atoms with Gasteiger partial charge >= 0.3 is 0 Å². The van der Waals surface area contributed by atoms with Crippen molar-refractivity contribution >= 4 is 28.4 Å². The highest BCUT2D eigenvalue weighted by Crippen LogP contribution is 2.43. The largest absolute Gasteiger partial charge is 0.382 e. The summed E-state index contributed by atoms with van der Waals surface area (Å²) in [5.74, 6) is -0.301. The third-order valence-electron chi connectivity index (χ3n) is 6.56. The highest BCUT2D eigenvalue weighted by Gasteiger charge is 2.35. The van der Waals surface area contributed by atoms with Gasteiger partial charge in [0, 0.05) is 34.8 Å². The lowest BCUT2D eigenvalue weighted by Gasteiger charge is -2.30. The molecule has 168 valence electrons. The summed E-state index contributed by atoms with van der Waals surface area (Å²) in [5.41, 5.74) is 10.9. The van der Waals surface area contributed by atoms with Crippen LogP contribution in [0.4, 0.5) is 5.69 Å². The number of hydrogen-bond donors (Lipinski definition) is 2. The Labute approximate surface area is 190 Å². The van der Waals surface area contributed by atoms with Gasteiger partial charge in [-0.05, 0) is 48.4 Å². The first-order valence-corrected chi connectivity index (χ1v) is 11.6. The van der Waals surface area contributed by atoms with E-state index in [1.807, 2.05) is 41.0 Å². The van der Waals surface area contributed by atoms with Crippen LogP contribution in [-0.4, -0.2) is 22.4 Å². The van der Waals surface area contributed by atoms with Crippen molar-refractivity contribution < 1.29 is 9.59 Å². The molecule has 32 heavy (non-hydrogen) atoms. The van der Waals surface area contributed by atoms with Crippen LogP contribution in [0.1, 0.15) is 74.2 Å². The van der Waals surface area contributed by atoms with Crippen LogP contribution in [0, 0.1) is 5.41 Å². The molecule has 5 heteroatoms. The second kappa shape index (κ2) is 8.45. The summed E-state index contributed by atoms with van der Waals surface area (Å²) in [5, 5.41) is 4.62. The zero-order chi connectivity index (χ0) is 23.0. The fraction of sp³-hybridized carbons (Fsp3) is 0.407. The first-order chi connectivity index (χ1) is 15.3. The normalized spacial score (nSPS) is 16.1. The van der Waals surface area contributed by atoms with Crippen LogP contribution in [0.2, 0.25) is 0 Å². The molecule has 1 aliphatic heterocycles. The molecule has 3 N–H and O–H groups in total. The molecule has 0 spiro atoms. The van der Waals surface area contributed by atoms with Gasteiger partial charge in [-0.2, -0.15) is 0 Å². The number of para-hydroxylation sites is 1. The highest BCUT2D eigenvalue weighted by molar-refractivity contribution is 6.06. The van der Waals surface area contributed by atoms with Gasteiger partial charge in [-0.15, -0.1) is 0 Å². The third kappa shape index (κ3) is 3.92. The number of primary amides is 1. The summed E-state index contributed by atoms with van der Waals surface area (Å²) in [6.07, 6.45) is 4.39. The second-order valence-corrected chi connectivity index (χ2v) is 9.75. The van der Waals surface area contributed by atoms with Gasteiger partial charge in [-0.1, -0.05) is 58.4 Å². The lowest BCUT2D eigenvalue weighted by molar-refractivity contribution is 0.0816. The first-order valence-electron chi connectivity index (χ1n) is 11.6. The molecule has 5 nitrogen and oxygen atoms in total. The van der Waals surface area contributed by atoms with E-state index in [9.17, 15) is 9.59 Å². The number of hydrogen-bond acceptors (Lipinski definition) is 3. The predicted octanol–water partition coefficient (Wildman–Crippen LogP) is 6.01. The van der Waals surface area contributed by atoms with Crippen molar-refractivity contribution in [3.63, 3.8) is 0 Å². The first kappa shape index (κ1) is 22.1. The zero-order valence-corrected chi connectivity index (χ0v) is 19.5. The number of nitrogens with two attached hydrogens (primary N) is 1. The Morgan fingerprint density at radius 2 is 1.91 bits per heavy atom. The van der Waals surface area contributed by atoms with Gasteiger partial charge in [0.05, 0.1) is 11.1 Å². The Kier molecular flexibility index (Phi) is 5.85. The number of anilines is 1. The summed E-state index contributed by atoms with van der Waals surface area (Å²) in [6.45, 7) is 8.60. The molecule has 0 radical (unpaired) electrons. The lowest BCUT2D eigenvalue weighted by atomic mass is 9.80. The summed E-state index contributed by atoms with van der Waals surface area (Å²) >= 11 is 0. The molecule has 0 aliphatic carbocycles. The minimum absolute atomic E-state index is 0.0983. The second-order valence-electron chi connectivity index (χ2n) is 9.75. The van der Waals surface area contributed by atoms with E-state index in [0.717, 1.165) is 59.1 Å². The lowest BCUT2D eigenvalue weighted by Crippen LogP contribution is -2.31. The van der Waals surface area contributed by atoms with E-state index in [2.05, 4.69) is 39.1 Å². The van der Waals surface area contributed by atoms with Crippen molar-refractivity contribution in [2.45, 2.75) is 65.8 Å². The number of amides is 1. The van der Waals surface area contributed by atoms with Gasteiger partial charge in [0.25, 0.3) is 5.91 Å². The van der Waals surface area contributed by atoms with E-state index in [4.69, 9.17) is 5.73 Å². The number of carbonyl (C=O) groups is 2.